The Morgan fingerprint density at radius 1 is 1.53 bits per heavy atom. The minimum absolute atomic E-state index is 0.147. The molecule has 1 heterocycles. The Hall–Kier alpha value is -1.22. The third-order valence-electron chi connectivity index (χ3n) is 3.24. The Balaban J connectivity index is 2.20. The summed E-state index contributed by atoms with van der Waals surface area (Å²) in [5.74, 6) is 0.962. The minimum Gasteiger partial charge on any atom is -0.378 e. The zero-order chi connectivity index (χ0) is 13.7. The monoisotopic (exact) mass is 277 g/mol. The van der Waals surface area contributed by atoms with Gasteiger partial charge in [0.15, 0.2) is 0 Å². The van der Waals surface area contributed by atoms with E-state index in [1.54, 1.807) is 18.9 Å². The molecule has 102 valence electrons. The lowest BCUT2D eigenvalue weighted by atomic mass is 10.1. The highest BCUT2D eigenvalue weighted by molar-refractivity contribution is 7.99. The van der Waals surface area contributed by atoms with E-state index in [-0.39, 0.29) is 12.1 Å². The third-order valence-corrected chi connectivity index (χ3v) is 4.18. The molecule has 19 heavy (non-hydrogen) atoms. The van der Waals surface area contributed by atoms with Crippen LogP contribution in [0.3, 0.4) is 0 Å². The predicted octanol–water partition coefficient (Wildman–Crippen LogP) is 2.07. The van der Waals surface area contributed by atoms with Crippen LogP contribution < -0.4 is 10.6 Å². The van der Waals surface area contributed by atoms with Gasteiger partial charge in [-0.1, -0.05) is 13.0 Å². The van der Waals surface area contributed by atoms with Crippen LogP contribution in [0.2, 0.25) is 0 Å². The van der Waals surface area contributed by atoms with Crippen LogP contribution in [0.15, 0.2) is 23.1 Å². The number of nitriles is 1. The fourth-order valence-electron chi connectivity index (χ4n) is 2.29. The second kappa shape index (κ2) is 6.80. The van der Waals surface area contributed by atoms with Gasteiger partial charge in [0.2, 0.25) is 0 Å². The summed E-state index contributed by atoms with van der Waals surface area (Å²) in [5.41, 5.74) is 1.63. The molecule has 0 saturated carbocycles. The fourth-order valence-corrected chi connectivity index (χ4v) is 3.07. The van der Waals surface area contributed by atoms with Crippen molar-refractivity contribution in [3.63, 3.8) is 0 Å². The first-order valence-corrected chi connectivity index (χ1v) is 7.44. The van der Waals surface area contributed by atoms with Crippen molar-refractivity contribution in [2.45, 2.75) is 24.0 Å². The number of hydrogen-bond acceptors (Lipinski definition) is 5. The lowest BCUT2D eigenvalue weighted by molar-refractivity contribution is 0.111. The van der Waals surface area contributed by atoms with E-state index < -0.39 is 0 Å². The highest BCUT2D eigenvalue weighted by Gasteiger charge is 2.27. The first kappa shape index (κ1) is 14.2. The van der Waals surface area contributed by atoms with E-state index in [0.29, 0.717) is 0 Å². The molecule has 2 N–H and O–H groups in total. The maximum absolute atomic E-state index is 9.37. The number of nitrogens with zero attached hydrogens (tertiary/aromatic N) is 1. The molecule has 1 saturated heterocycles. The number of rotatable bonds is 5. The summed E-state index contributed by atoms with van der Waals surface area (Å²) in [6, 6.07) is 8.47. The molecule has 0 aromatic heterocycles. The molecular weight excluding hydrogens is 258 g/mol. The van der Waals surface area contributed by atoms with Crippen LogP contribution >= 0.6 is 11.8 Å². The molecule has 2 rings (SSSR count). The SMILES string of the molecule is CCSc1cccc(NC2CNC[C@@H]2OC)c1C#N. The van der Waals surface area contributed by atoms with Crippen molar-refractivity contribution in [2.75, 3.05) is 31.3 Å². The summed E-state index contributed by atoms with van der Waals surface area (Å²) in [4.78, 5) is 1.04. The van der Waals surface area contributed by atoms with E-state index in [0.717, 1.165) is 35.0 Å². The van der Waals surface area contributed by atoms with E-state index in [1.165, 1.54) is 0 Å². The predicted molar refractivity (Wildman–Crippen MR) is 78.6 cm³/mol. The lowest BCUT2D eigenvalue weighted by Gasteiger charge is -2.21. The van der Waals surface area contributed by atoms with Crippen molar-refractivity contribution >= 4 is 17.4 Å². The molecule has 5 heteroatoms. The van der Waals surface area contributed by atoms with Crippen LogP contribution in [0, 0.1) is 11.3 Å². The number of hydrogen-bond donors (Lipinski definition) is 2. The van der Waals surface area contributed by atoms with Gasteiger partial charge in [-0.3, -0.25) is 0 Å². The Labute approximate surface area is 118 Å². The Morgan fingerprint density at radius 2 is 2.37 bits per heavy atom. The first-order chi connectivity index (χ1) is 9.30. The van der Waals surface area contributed by atoms with Crippen LogP contribution in [0.25, 0.3) is 0 Å². The van der Waals surface area contributed by atoms with Crippen molar-refractivity contribution < 1.29 is 4.74 Å². The van der Waals surface area contributed by atoms with Gasteiger partial charge in [0, 0.05) is 25.1 Å². The molecule has 0 aliphatic carbocycles. The van der Waals surface area contributed by atoms with Gasteiger partial charge in [-0.15, -0.1) is 11.8 Å². The molecule has 4 nitrogen and oxygen atoms in total. The van der Waals surface area contributed by atoms with Gasteiger partial charge in [-0.05, 0) is 17.9 Å². The Bertz CT molecular complexity index is 472. The molecule has 1 aliphatic rings. The zero-order valence-corrected chi connectivity index (χ0v) is 12.1. The normalized spacial score (nSPS) is 22.2. The lowest BCUT2D eigenvalue weighted by Crippen LogP contribution is -2.33. The Morgan fingerprint density at radius 3 is 3.05 bits per heavy atom. The van der Waals surface area contributed by atoms with E-state index in [9.17, 15) is 5.26 Å². The molecule has 0 radical (unpaired) electrons. The van der Waals surface area contributed by atoms with Crippen LogP contribution in [-0.4, -0.2) is 38.1 Å². The minimum atomic E-state index is 0.147. The largest absolute Gasteiger partial charge is 0.378 e. The molecule has 1 aliphatic heterocycles. The van der Waals surface area contributed by atoms with Crippen molar-refractivity contribution in [2.24, 2.45) is 0 Å². The summed E-state index contributed by atoms with van der Waals surface area (Å²) in [7, 11) is 1.72. The van der Waals surface area contributed by atoms with Crippen LogP contribution in [0.5, 0.6) is 0 Å². The highest BCUT2D eigenvalue weighted by atomic mass is 32.2. The van der Waals surface area contributed by atoms with E-state index in [2.05, 4.69) is 23.6 Å². The molecule has 1 aromatic rings. The smallest absolute Gasteiger partial charge is 0.102 e. The number of methoxy groups -OCH3 is 1. The maximum Gasteiger partial charge on any atom is 0.102 e. The van der Waals surface area contributed by atoms with Crippen molar-refractivity contribution in [3.05, 3.63) is 23.8 Å². The summed E-state index contributed by atoms with van der Waals surface area (Å²) in [5, 5.41) is 16.1. The average molecular weight is 277 g/mol. The number of benzene rings is 1. The van der Waals surface area contributed by atoms with E-state index >= 15 is 0 Å². The van der Waals surface area contributed by atoms with Gasteiger partial charge in [0.1, 0.15) is 6.07 Å². The standard InChI is InChI=1S/C14H19N3OS/c1-3-19-14-6-4-5-11(10(14)7-15)17-12-8-16-9-13(12)18-2/h4-6,12-13,16-17H,3,8-9H2,1-2H3/t12?,13-/m0/s1. The van der Waals surface area contributed by atoms with Crippen LogP contribution in [-0.2, 0) is 4.74 Å². The van der Waals surface area contributed by atoms with Crippen LogP contribution in [0.4, 0.5) is 5.69 Å². The second-order valence-corrected chi connectivity index (χ2v) is 5.71. The van der Waals surface area contributed by atoms with Gasteiger partial charge >= 0.3 is 0 Å². The van der Waals surface area contributed by atoms with Gasteiger partial charge in [0.05, 0.1) is 23.4 Å². The highest BCUT2D eigenvalue weighted by Crippen LogP contribution is 2.28. The van der Waals surface area contributed by atoms with Crippen molar-refractivity contribution in [1.82, 2.24) is 5.32 Å². The summed E-state index contributed by atoms with van der Waals surface area (Å²) >= 11 is 1.70. The maximum atomic E-state index is 9.37. The molecule has 2 atom stereocenters. The molecule has 0 bridgehead atoms. The molecule has 1 fully saturated rings. The topological polar surface area (TPSA) is 57.1 Å². The van der Waals surface area contributed by atoms with Gasteiger partial charge in [-0.2, -0.15) is 5.26 Å². The average Bonchev–Trinajstić information content (AvgIpc) is 2.87. The summed E-state index contributed by atoms with van der Waals surface area (Å²) in [6.45, 7) is 3.79. The zero-order valence-electron chi connectivity index (χ0n) is 11.3. The quantitative estimate of drug-likeness (QED) is 0.807. The second-order valence-electron chi connectivity index (χ2n) is 4.41. The fraction of sp³-hybridized carbons (Fsp3) is 0.500. The number of ether oxygens (including phenoxy) is 1. The van der Waals surface area contributed by atoms with Crippen molar-refractivity contribution in [1.29, 1.82) is 5.26 Å². The van der Waals surface area contributed by atoms with E-state index in [1.807, 2.05) is 18.2 Å². The number of thioether (sulfide) groups is 1. The third kappa shape index (κ3) is 3.21. The van der Waals surface area contributed by atoms with Crippen LogP contribution in [0.1, 0.15) is 12.5 Å². The van der Waals surface area contributed by atoms with Gasteiger partial charge in [-0.25, -0.2) is 0 Å². The molecule has 1 aromatic carbocycles. The van der Waals surface area contributed by atoms with Gasteiger partial charge < -0.3 is 15.4 Å². The summed E-state index contributed by atoms with van der Waals surface area (Å²) in [6.07, 6.45) is 0.147. The van der Waals surface area contributed by atoms with Gasteiger partial charge in [0.25, 0.3) is 0 Å². The first-order valence-electron chi connectivity index (χ1n) is 6.46. The molecule has 1 unspecified atom stereocenters. The number of anilines is 1. The summed E-state index contributed by atoms with van der Waals surface area (Å²) < 4.78 is 5.43. The molecule has 0 spiro atoms. The van der Waals surface area contributed by atoms with E-state index in [4.69, 9.17) is 4.74 Å². The number of nitrogens with one attached hydrogen (secondary N) is 2. The molecule has 0 amide bonds. The Kier molecular flexibility index (Phi) is 5.08. The molecular formula is C14H19N3OS. The van der Waals surface area contributed by atoms with Crippen molar-refractivity contribution in [3.8, 4) is 6.07 Å².